The van der Waals surface area contributed by atoms with Gasteiger partial charge >= 0.3 is 0 Å². The lowest BCUT2D eigenvalue weighted by molar-refractivity contribution is 0.0995. The molecule has 34 heavy (non-hydrogen) atoms. The van der Waals surface area contributed by atoms with E-state index in [2.05, 4.69) is 19.1 Å². The second kappa shape index (κ2) is 10.6. The van der Waals surface area contributed by atoms with Gasteiger partial charge in [-0.05, 0) is 54.8 Å². The van der Waals surface area contributed by atoms with Crippen LogP contribution in [0.4, 0.5) is 10.8 Å². The summed E-state index contributed by atoms with van der Waals surface area (Å²) in [5.74, 6) is 0.911. The lowest BCUT2D eigenvalue weighted by Crippen LogP contribution is -2.26. The highest BCUT2D eigenvalue weighted by atomic mass is 32.1. The van der Waals surface area contributed by atoms with Crippen LogP contribution in [-0.4, -0.2) is 32.2 Å². The molecule has 1 aromatic heterocycles. The number of para-hydroxylation sites is 1. The first-order valence-electron chi connectivity index (χ1n) is 11.2. The van der Waals surface area contributed by atoms with Gasteiger partial charge in [0, 0.05) is 0 Å². The molecule has 4 aromatic rings. The minimum absolute atomic E-state index is 0.266. The summed E-state index contributed by atoms with van der Waals surface area (Å²) in [6.07, 6.45) is 3.27. The van der Waals surface area contributed by atoms with Crippen LogP contribution in [0.15, 0.2) is 60.7 Å². The summed E-state index contributed by atoms with van der Waals surface area (Å²) in [5, 5.41) is 0.587. The Labute approximate surface area is 203 Å². The molecule has 1 heterocycles. The smallest absolute Gasteiger partial charge is 0.268 e. The average molecular weight is 477 g/mol. The average Bonchev–Trinajstić information content (AvgIpc) is 3.30. The van der Waals surface area contributed by atoms with E-state index < -0.39 is 0 Å². The topological polar surface area (TPSA) is 60.9 Å². The quantitative estimate of drug-likeness (QED) is 0.271. The summed E-state index contributed by atoms with van der Waals surface area (Å²) < 4.78 is 17.5. The molecule has 0 N–H and O–H groups in total. The number of carbonyl (C=O) groups excluding carboxylic acids is 1. The number of amides is 1. The molecule has 0 aliphatic carbocycles. The van der Waals surface area contributed by atoms with E-state index in [1.54, 1.807) is 24.1 Å². The summed E-state index contributed by atoms with van der Waals surface area (Å²) in [4.78, 5) is 20.4. The van der Waals surface area contributed by atoms with E-state index >= 15 is 0 Å². The molecular weight excluding hydrogens is 448 g/mol. The van der Waals surface area contributed by atoms with Crippen molar-refractivity contribution in [3.63, 3.8) is 0 Å². The highest BCUT2D eigenvalue weighted by molar-refractivity contribution is 7.22. The molecule has 0 fully saturated rings. The molecule has 0 radical (unpaired) electrons. The third-order valence-electron chi connectivity index (χ3n) is 5.63. The molecule has 4 rings (SSSR count). The van der Waals surface area contributed by atoms with Crippen molar-refractivity contribution in [1.82, 2.24) is 4.98 Å². The predicted octanol–water partition coefficient (Wildman–Crippen LogP) is 6.64. The summed E-state index contributed by atoms with van der Waals surface area (Å²) in [6, 6.07) is 19.4. The number of aromatic nitrogens is 1. The number of aryl methyl sites for hydroxylation is 1. The van der Waals surface area contributed by atoms with Crippen LogP contribution in [-0.2, 0) is 6.42 Å². The molecule has 0 atom stereocenters. The number of rotatable bonds is 9. The van der Waals surface area contributed by atoms with Crippen LogP contribution in [0.3, 0.4) is 0 Å². The molecule has 0 saturated carbocycles. The molecule has 0 saturated heterocycles. The van der Waals surface area contributed by atoms with E-state index in [1.165, 1.54) is 31.1 Å². The van der Waals surface area contributed by atoms with Gasteiger partial charge in [-0.25, -0.2) is 4.98 Å². The predicted molar refractivity (Wildman–Crippen MR) is 137 cm³/mol. The number of methoxy groups -OCH3 is 3. The highest BCUT2D eigenvalue weighted by Crippen LogP contribution is 2.42. The van der Waals surface area contributed by atoms with Gasteiger partial charge in [-0.3, -0.25) is 9.69 Å². The van der Waals surface area contributed by atoms with E-state index in [-0.39, 0.29) is 5.91 Å². The Bertz CT molecular complexity index is 1250. The largest absolute Gasteiger partial charge is 0.493 e. The maximum atomic E-state index is 14.0. The van der Waals surface area contributed by atoms with Gasteiger partial charge in [0.2, 0.25) is 5.75 Å². The number of ether oxygens (including phenoxy) is 3. The van der Waals surface area contributed by atoms with Crippen molar-refractivity contribution < 1.29 is 19.0 Å². The maximum absolute atomic E-state index is 14.0. The molecule has 6 nitrogen and oxygen atoms in total. The maximum Gasteiger partial charge on any atom is 0.268 e. The summed E-state index contributed by atoms with van der Waals surface area (Å²) >= 11 is 1.47. The van der Waals surface area contributed by atoms with E-state index in [0.717, 1.165) is 35.2 Å². The molecule has 0 bridgehead atoms. The molecule has 0 spiro atoms. The highest BCUT2D eigenvalue weighted by Gasteiger charge is 2.28. The van der Waals surface area contributed by atoms with E-state index in [1.807, 2.05) is 36.4 Å². The van der Waals surface area contributed by atoms with Gasteiger partial charge < -0.3 is 14.2 Å². The van der Waals surface area contributed by atoms with Crippen LogP contribution in [0.1, 0.15) is 35.7 Å². The van der Waals surface area contributed by atoms with Crippen molar-refractivity contribution in [2.45, 2.75) is 26.2 Å². The minimum atomic E-state index is -0.266. The third kappa shape index (κ3) is 4.56. The Balaban J connectivity index is 1.84. The molecule has 176 valence electrons. The third-order valence-corrected chi connectivity index (χ3v) is 6.65. The number of anilines is 2. The number of nitrogens with zero attached hydrogens (tertiary/aromatic N) is 2. The monoisotopic (exact) mass is 476 g/mol. The number of benzene rings is 3. The van der Waals surface area contributed by atoms with Gasteiger partial charge in [-0.1, -0.05) is 48.9 Å². The zero-order valence-electron chi connectivity index (χ0n) is 19.8. The Morgan fingerprint density at radius 2 is 1.65 bits per heavy atom. The van der Waals surface area contributed by atoms with Crippen LogP contribution < -0.4 is 19.1 Å². The van der Waals surface area contributed by atoms with Crippen LogP contribution in [0.5, 0.6) is 17.2 Å². The van der Waals surface area contributed by atoms with Crippen molar-refractivity contribution in [1.29, 1.82) is 0 Å². The number of unbranched alkanes of at least 4 members (excludes halogenated alkanes) is 1. The van der Waals surface area contributed by atoms with Crippen LogP contribution >= 0.6 is 11.3 Å². The zero-order valence-corrected chi connectivity index (χ0v) is 20.6. The number of fused-ring (bicyclic) bond motifs is 1. The SMILES string of the molecule is CCCCc1ccc(N(C(=O)c2ccc(OC)c(OC)c2OC)c2nc3ccccc3s2)cc1. The normalized spacial score (nSPS) is 10.8. The number of carbonyl (C=O) groups is 1. The van der Waals surface area contributed by atoms with Gasteiger partial charge in [-0.2, -0.15) is 0 Å². The summed E-state index contributed by atoms with van der Waals surface area (Å²) in [7, 11) is 4.58. The van der Waals surface area contributed by atoms with Gasteiger partial charge in [0.05, 0.1) is 42.8 Å². The second-order valence-corrected chi connectivity index (χ2v) is 8.77. The number of thiazole rings is 1. The number of hydrogen-bond donors (Lipinski definition) is 0. The van der Waals surface area contributed by atoms with Crippen LogP contribution in [0.25, 0.3) is 10.2 Å². The fourth-order valence-corrected chi connectivity index (χ4v) is 4.84. The van der Waals surface area contributed by atoms with E-state index in [9.17, 15) is 4.79 Å². The summed E-state index contributed by atoms with van der Waals surface area (Å²) in [5.41, 5.74) is 3.18. The van der Waals surface area contributed by atoms with Crippen molar-refractivity contribution in [3.8, 4) is 17.2 Å². The van der Waals surface area contributed by atoms with E-state index in [0.29, 0.717) is 27.9 Å². The van der Waals surface area contributed by atoms with Crippen LogP contribution in [0.2, 0.25) is 0 Å². The van der Waals surface area contributed by atoms with Crippen molar-refractivity contribution in [3.05, 3.63) is 71.8 Å². The molecule has 3 aromatic carbocycles. The zero-order chi connectivity index (χ0) is 24.1. The van der Waals surface area contributed by atoms with Crippen LogP contribution in [0, 0.1) is 0 Å². The molecule has 0 aliphatic heterocycles. The fraction of sp³-hybridized carbons (Fsp3) is 0.259. The first-order valence-corrected chi connectivity index (χ1v) is 12.0. The Morgan fingerprint density at radius 3 is 2.29 bits per heavy atom. The Hall–Kier alpha value is -3.58. The molecule has 0 aliphatic rings. The fourth-order valence-electron chi connectivity index (χ4n) is 3.85. The Kier molecular flexibility index (Phi) is 7.33. The number of hydrogen-bond acceptors (Lipinski definition) is 6. The van der Waals surface area contributed by atoms with Gasteiger partial charge in [0.25, 0.3) is 5.91 Å². The van der Waals surface area contributed by atoms with Crippen molar-refractivity contribution in [2.24, 2.45) is 0 Å². The lowest BCUT2D eigenvalue weighted by Gasteiger charge is -2.22. The van der Waals surface area contributed by atoms with Gasteiger partial charge in [0.1, 0.15) is 0 Å². The first kappa shape index (κ1) is 23.6. The second-order valence-electron chi connectivity index (χ2n) is 7.76. The lowest BCUT2D eigenvalue weighted by atomic mass is 10.1. The standard InChI is InChI=1S/C27H28N2O4S/c1-5-6-9-18-12-14-19(15-13-18)29(27-28-21-10-7-8-11-23(21)34-27)26(30)20-16-17-22(31-2)25(33-4)24(20)32-3/h7-8,10-17H,5-6,9H2,1-4H3. The molecule has 1 amide bonds. The molecule has 7 heteroatoms. The molecule has 0 unspecified atom stereocenters. The molecular formula is C27H28N2O4S. The minimum Gasteiger partial charge on any atom is -0.493 e. The van der Waals surface area contributed by atoms with Crippen molar-refractivity contribution in [2.75, 3.05) is 26.2 Å². The summed E-state index contributed by atoms with van der Waals surface area (Å²) in [6.45, 7) is 2.18. The van der Waals surface area contributed by atoms with Gasteiger partial charge in [-0.15, -0.1) is 0 Å². The first-order chi connectivity index (χ1) is 16.6. The Morgan fingerprint density at radius 1 is 0.912 bits per heavy atom. The van der Waals surface area contributed by atoms with E-state index in [4.69, 9.17) is 19.2 Å². The van der Waals surface area contributed by atoms with Crippen molar-refractivity contribution >= 4 is 38.3 Å². The van der Waals surface area contributed by atoms with Gasteiger partial charge in [0.15, 0.2) is 16.6 Å².